The average molecular weight is 471 g/mol. The number of aliphatic hydroxyl groups is 1. The number of aromatic nitrogens is 1. The molecule has 1 amide bonds. The van der Waals surface area contributed by atoms with Gasteiger partial charge in [0.15, 0.2) is 0 Å². The Morgan fingerprint density at radius 2 is 1.66 bits per heavy atom. The quantitative estimate of drug-likeness (QED) is 0.247. The summed E-state index contributed by atoms with van der Waals surface area (Å²) >= 11 is 0. The van der Waals surface area contributed by atoms with E-state index in [0.717, 1.165) is 11.1 Å². The number of rotatable bonds is 5. The molecule has 0 radical (unpaired) electrons. The van der Waals surface area contributed by atoms with E-state index in [9.17, 15) is 19.5 Å². The van der Waals surface area contributed by atoms with Gasteiger partial charge in [-0.3, -0.25) is 19.5 Å². The molecule has 1 atom stereocenters. The summed E-state index contributed by atoms with van der Waals surface area (Å²) in [6.07, 6.45) is 1.30. The number of anilines is 1. The first-order valence-electron chi connectivity index (χ1n) is 11.3. The number of amides is 1. The summed E-state index contributed by atoms with van der Waals surface area (Å²) in [4.78, 5) is 44.4. The molecule has 0 saturated carbocycles. The Bertz CT molecular complexity index is 1330. The van der Waals surface area contributed by atoms with Crippen molar-refractivity contribution in [2.45, 2.75) is 39.8 Å². The van der Waals surface area contributed by atoms with Crippen molar-refractivity contribution in [1.82, 2.24) is 4.98 Å². The number of ether oxygens (including phenoxy) is 1. The maximum atomic E-state index is 13.2. The Balaban J connectivity index is 1.83. The maximum Gasteiger partial charge on any atom is 0.338 e. The van der Waals surface area contributed by atoms with E-state index in [-0.39, 0.29) is 17.4 Å². The molecule has 1 fully saturated rings. The number of aliphatic hydroxyl groups excluding tert-OH is 1. The molecule has 0 spiro atoms. The van der Waals surface area contributed by atoms with Crippen molar-refractivity contribution < 1.29 is 24.2 Å². The van der Waals surface area contributed by atoms with Gasteiger partial charge in [-0.25, -0.2) is 4.79 Å². The van der Waals surface area contributed by atoms with Crippen molar-refractivity contribution in [3.63, 3.8) is 0 Å². The fraction of sp³-hybridized carbons (Fsp3) is 0.214. The van der Waals surface area contributed by atoms with Crippen LogP contribution in [0.4, 0.5) is 5.69 Å². The molecule has 1 aliphatic heterocycles. The standard InChI is InChI=1S/C28H26N2O5/c1-16(2)35-28(34)19-10-12-21(13-11-19)30-24(22-7-5-6-14-29-22)23(26(32)27(30)33)25(31)20-9-8-17(3)18(4)15-20/h5-16,24,31H,1-4H3/b25-23-. The first kappa shape index (κ1) is 23.9. The van der Waals surface area contributed by atoms with Crippen LogP contribution in [-0.2, 0) is 14.3 Å². The topological polar surface area (TPSA) is 96.8 Å². The molecule has 1 N–H and O–H groups in total. The number of carbonyl (C=O) groups is 3. The normalized spacial score (nSPS) is 17.2. The number of nitrogens with zero attached hydrogens (tertiary/aromatic N) is 2. The highest BCUT2D eigenvalue weighted by molar-refractivity contribution is 6.51. The van der Waals surface area contributed by atoms with E-state index >= 15 is 0 Å². The smallest absolute Gasteiger partial charge is 0.338 e. The molecule has 3 aromatic rings. The molecule has 1 aliphatic rings. The fourth-order valence-electron chi connectivity index (χ4n) is 4.00. The van der Waals surface area contributed by atoms with Gasteiger partial charge in [0.25, 0.3) is 11.7 Å². The second-order valence-electron chi connectivity index (χ2n) is 8.72. The van der Waals surface area contributed by atoms with Gasteiger partial charge in [-0.15, -0.1) is 0 Å². The van der Waals surface area contributed by atoms with Crippen molar-refractivity contribution in [1.29, 1.82) is 0 Å². The lowest BCUT2D eigenvalue weighted by Gasteiger charge is -2.24. The third-order valence-electron chi connectivity index (χ3n) is 5.92. The van der Waals surface area contributed by atoms with E-state index in [2.05, 4.69) is 4.98 Å². The molecule has 178 valence electrons. The molecule has 2 heterocycles. The minimum Gasteiger partial charge on any atom is -0.507 e. The van der Waals surface area contributed by atoms with Crippen LogP contribution in [0.25, 0.3) is 5.76 Å². The summed E-state index contributed by atoms with van der Waals surface area (Å²) in [5, 5.41) is 11.2. The van der Waals surface area contributed by atoms with Gasteiger partial charge in [0.05, 0.1) is 22.9 Å². The third kappa shape index (κ3) is 4.57. The summed E-state index contributed by atoms with van der Waals surface area (Å²) < 4.78 is 5.22. The van der Waals surface area contributed by atoms with Crippen LogP contribution in [0, 0.1) is 13.8 Å². The van der Waals surface area contributed by atoms with Crippen LogP contribution in [0.1, 0.15) is 52.6 Å². The number of hydrogen-bond donors (Lipinski definition) is 1. The molecule has 0 bridgehead atoms. The Hall–Kier alpha value is -4.26. The van der Waals surface area contributed by atoms with Gasteiger partial charge < -0.3 is 9.84 Å². The highest BCUT2D eigenvalue weighted by Gasteiger charge is 2.47. The molecule has 4 rings (SSSR count). The van der Waals surface area contributed by atoms with Crippen LogP contribution in [0.15, 0.2) is 72.4 Å². The number of ketones is 1. The molecule has 0 aliphatic carbocycles. The summed E-state index contributed by atoms with van der Waals surface area (Å²) in [6.45, 7) is 7.38. The molecule has 7 heteroatoms. The van der Waals surface area contributed by atoms with Crippen LogP contribution < -0.4 is 4.90 Å². The van der Waals surface area contributed by atoms with Gasteiger partial charge in [0.1, 0.15) is 11.8 Å². The van der Waals surface area contributed by atoms with E-state index < -0.39 is 23.7 Å². The predicted molar refractivity (Wildman–Crippen MR) is 132 cm³/mol. The second kappa shape index (κ2) is 9.54. The summed E-state index contributed by atoms with van der Waals surface area (Å²) in [7, 11) is 0. The number of aryl methyl sites for hydroxylation is 2. The zero-order chi connectivity index (χ0) is 25.3. The zero-order valence-electron chi connectivity index (χ0n) is 20.0. The first-order chi connectivity index (χ1) is 16.7. The monoisotopic (exact) mass is 470 g/mol. The van der Waals surface area contributed by atoms with Crippen LogP contribution in [0.5, 0.6) is 0 Å². The van der Waals surface area contributed by atoms with Crippen molar-refractivity contribution in [2.24, 2.45) is 0 Å². The maximum absolute atomic E-state index is 13.2. The molecule has 35 heavy (non-hydrogen) atoms. The van der Waals surface area contributed by atoms with Crippen molar-refractivity contribution in [2.75, 3.05) is 4.90 Å². The van der Waals surface area contributed by atoms with E-state index in [0.29, 0.717) is 22.5 Å². The lowest BCUT2D eigenvalue weighted by molar-refractivity contribution is -0.132. The Morgan fingerprint density at radius 3 is 2.26 bits per heavy atom. The van der Waals surface area contributed by atoms with E-state index in [1.165, 1.54) is 17.0 Å². The third-order valence-corrected chi connectivity index (χ3v) is 5.92. The first-order valence-corrected chi connectivity index (χ1v) is 11.3. The average Bonchev–Trinajstić information content (AvgIpc) is 3.11. The Morgan fingerprint density at radius 1 is 0.971 bits per heavy atom. The molecule has 2 aromatic carbocycles. The van der Waals surface area contributed by atoms with E-state index in [1.807, 2.05) is 19.9 Å². The second-order valence-corrected chi connectivity index (χ2v) is 8.72. The van der Waals surface area contributed by atoms with Crippen LogP contribution in [0.2, 0.25) is 0 Å². The van der Waals surface area contributed by atoms with Gasteiger partial charge in [-0.2, -0.15) is 0 Å². The molecular formula is C28H26N2O5. The van der Waals surface area contributed by atoms with Crippen molar-refractivity contribution in [3.05, 3.63) is 100 Å². The Labute approximate surface area is 203 Å². The number of benzene rings is 2. The number of pyridine rings is 1. The van der Waals surface area contributed by atoms with Crippen LogP contribution in [0.3, 0.4) is 0 Å². The lowest BCUT2D eigenvalue weighted by atomic mass is 9.96. The van der Waals surface area contributed by atoms with E-state index in [1.54, 1.807) is 62.5 Å². The molecule has 1 aromatic heterocycles. The van der Waals surface area contributed by atoms with Gasteiger partial charge >= 0.3 is 5.97 Å². The number of Topliss-reactive ketones (excluding diaryl/α,β-unsaturated/α-hetero) is 1. The number of esters is 1. The highest BCUT2D eigenvalue weighted by atomic mass is 16.5. The molecule has 1 unspecified atom stereocenters. The van der Waals surface area contributed by atoms with Gasteiger partial charge in [-0.05, 0) is 81.3 Å². The summed E-state index contributed by atoms with van der Waals surface area (Å²) in [5.74, 6) is -2.34. The zero-order valence-corrected chi connectivity index (χ0v) is 20.0. The van der Waals surface area contributed by atoms with Crippen molar-refractivity contribution >= 4 is 29.1 Å². The minimum atomic E-state index is -0.939. The van der Waals surface area contributed by atoms with Crippen LogP contribution >= 0.6 is 0 Å². The lowest BCUT2D eigenvalue weighted by Crippen LogP contribution is -2.29. The number of carbonyl (C=O) groups excluding carboxylic acids is 3. The van der Waals surface area contributed by atoms with Gasteiger partial charge in [-0.1, -0.05) is 18.2 Å². The summed E-state index contributed by atoms with van der Waals surface area (Å²) in [6, 6.07) is 15.8. The highest BCUT2D eigenvalue weighted by Crippen LogP contribution is 2.41. The van der Waals surface area contributed by atoms with Gasteiger partial charge in [0.2, 0.25) is 0 Å². The number of hydrogen-bond acceptors (Lipinski definition) is 6. The molecule has 1 saturated heterocycles. The molecular weight excluding hydrogens is 444 g/mol. The van der Waals surface area contributed by atoms with Crippen molar-refractivity contribution in [3.8, 4) is 0 Å². The van der Waals surface area contributed by atoms with E-state index in [4.69, 9.17) is 4.74 Å². The fourth-order valence-corrected chi connectivity index (χ4v) is 4.00. The van der Waals surface area contributed by atoms with Gasteiger partial charge in [0, 0.05) is 17.4 Å². The predicted octanol–water partition coefficient (Wildman–Crippen LogP) is 4.89. The largest absolute Gasteiger partial charge is 0.507 e. The SMILES string of the molecule is Cc1ccc(/C(O)=C2/C(=O)C(=O)N(c3ccc(C(=O)OC(C)C)cc3)C2c2ccccn2)cc1C. The minimum absolute atomic E-state index is 0.0414. The molecule has 7 nitrogen and oxygen atoms in total. The van der Waals surface area contributed by atoms with Crippen LogP contribution in [-0.4, -0.2) is 33.9 Å². The Kier molecular flexibility index (Phi) is 6.51. The summed E-state index contributed by atoms with van der Waals surface area (Å²) in [5.41, 5.74) is 3.53.